The van der Waals surface area contributed by atoms with E-state index in [9.17, 15) is 0 Å². The van der Waals surface area contributed by atoms with Crippen LogP contribution in [-0.4, -0.2) is 15.0 Å². The first-order chi connectivity index (χ1) is 32.1. The second-order valence-electron chi connectivity index (χ2n) is 20.1. The van der Waals surface area contributed by atoms with Crippen LogP contribution in [-0.2, 0) is 10.8 Å². The van der Waals surface area contributed by atoms with Crippen LogP contribution in [0.15, 0.2) is 182 Å². The molecule has 9 aromatic rings. The van der Waals surface area contributed by atoms with Gasteiger partial charge in [-0.05, 0) is 129 Å². The molecule has 4 saturated carbocycles. The van der Waals surface area contributed by atoms with Gasteiger partial charge in [0.15, 0.2) is 17.5 Å². The molecule has 2 heterocycles. The summed E-state index contributed by atoms with van der Waals surface area (Å²) < 4.78 is 6.65. The first-order valence-electron chi connectivity index (χ1n) is 23.6. The molecule has 1 aliphatic heterocycles. The third-order valence-corrected chi connectivity index (χ3v) is 17.2. The van der Waals surface area contributed by atoms with E-state index in [-0.39, 0.29) is 0 Å². The van der Waals surface area contributed by atoms with Gasteiger partial charge in [0, 0.05) is 27.8 Å². The second-order valence-corrected chi connectivity index (χ2v) is 20.1. The molecule has 8 aromatic carbocycles. The highest BCUT2D eigenvalue weighted by Gasteiger charge is 2.71. The maximum atomic E-state index is 6.65. The van der Waals surface area contributed by atoms with Gasteiger partial charge in [0.1, 0.15) is 11.5 Å². The molecular formula is C61H45N3O. The van der Waals surface area contributed by atoms with E-state index in [1.54, 1.807) is 0 Å². The van der Waals surface area contributed by atoms with Gasteiger partial charge in [-0.1, -0.05) is 170 Å². The van der Waals surface area contributed by atoms with Crippen molar-refractivity contribution in [2.75, 3.05) is 0 Å². The van der Waals surface area contributed by atoms with E-state index >= 15 is 0 Å². The summed E-state index contributed by atoms with van der Waals surface area (Å²) in [5.74, 6) is 6.65. The number of rotatable bonds is 5. The molecule has 5 atom stereocenters. The molecule has 0 N–H and O–H groups in total. The van der Waals surface area contributed by atoms with E-state index in [1.165, 1.54) is 66.3 Å². The molecule has 0 amide bonds. The Hall–Kier alpha value is -7.17. The van der Waals surface area contributed by atoms with E-state index in [4.69, 9.17) is 19.7 Å². The lowest BCUT2D eigenvalue weighted by atomic mass is 9.55. The number of hydrogen-bond donors (Lipinski definition) is 0. The van der Waals surface area contributed by atoms with Gasteiger partial charge in [-0.2, -0.15) is 0 Å². The Morgan fingerprint density at radius 1 is 0.431 bits per heavy atom. The van der Waals surface area contributed by atoms with Gasteiger partial charge >= 0.3 is 0 Å². The fourth-order valence-electron chi connectivity index (χ4n) is 14.9. The highest BCUT2D eigenvalue weighted by molar-refractivity contribution is 6.00. The summed E-state index contributed by atoms with van der Waals surface area (Å²) in [5, 5.41) is 2.29. The van der Waals surface area contributed by atoms with Crippen molar-refractivity contribution in [2.24, 2.45) is 23.2 Å². The number of para-hydroxylation sites is 2. The van der Waals surface area contributed by atoms with Gasteiger partial charge in [0.2, 0.25) is 0 Å². The van der Waals surface area contributed by atoms with Crippen LogP contribution in [0.4, 0.5) is 0 Å². The predicted molar refractivity (Wildman–Crippen MR) is 259 cm³/mol. The molecule has 15 rings (SSSR count). The Kier molecular flexibility index (Phi) is 7.23. The van der Waals surface area contributed by atoms with E-state index in [0.29, 0.717) is 28.3 Å². The van der Waals surface area contributed by atoms with E-state index in [1.807, 2.05) is 0 Å². The van der Waals surface area contributed by atoms with E-state index < -0.39 is 5.41 Å². The van der Waals surface area contributed by atoms with Crippen molar-refractivity contribution in [3.05, 3.63) is 210 Å². The minimum Gasteiger partial charge on any atom is -0.457 e. The molecule has 4 nitrogen and oxygen atoms in total. The van der Waals surface area contributed by atoms with Gasteiger partial charge in [-0.3, -0.25) is 0 Å². The molecule has 0 radical (unpaired) electrons. The zero-order valence-electron chi connectivity index (χ0n) is 36.0. The van der Waals surface area contributed by atoms with Crippen LogP contribution >= 0.6 is 0 Å². The summed E-state index contributed by atoms with van der Waals surface area (Å²) in [4.78, 5) is 16.2. The third kappa shape index (κ3) is 4.79. The highest BCUT2D eigenvalue weighted by atomic mass is 16.5. The average Bonchev–Trinajstić information content (AvgIpc) is 3.85. The van der Waals surface area contributed by atoms with Gasteiger partial charge in [-0.25, -0.2) is 15.0 Å². The molecular weight excluding hydrogens is 791 g/mol. The molecule has 6 aliphatic rings. The molecule has 0 saturated heterocycles. The monoisotopic (exact) mass is 835 g/mol. The summed E-state index contributed by atoms with van der Waals surface area (Å²) in [6.45, 7) is 0. The van der Waals surface area contributed by atoms with Gasteiger partial charge < -0.3 is 4.74 Å². The van der Waals surface area contributed by atoms with Crippen LogP contribution in [0.2, 0.25) is 0 Å². The van der Waals surface area contributed by atoms with Crippen LogP contribution in [0.1, 0.15) is 66.3 Å². The number of hydrogen-bond acceptors (Lipinski definition) is 4. The van der Waals surface area contributed by atoms with Crippen molar-refractivity contribution < 1.29 is 4.74 Å². The number of aromatic nitrogens is 3. The van der Waals surface area contributed by atoms with Gasteiger partial charge in [0.05, 0.1) is 5.41 Å². The number of fused-ring (bicyclic) bond motifs is 12. The zero-order valence-corrected chi connectivity index (χ0v) is 36.0. The van der Waals surface area contributed by atoms with Crippen molar-refractivity contribution in [3.8, 4) is 67.9 Å². The van der Waals surface area contributed by atoms with Crippen molar-refractivity contribution in [3.63, 3.8) is 0 Å². The highest BCUT2D eigenvalue weighted by Crippen LogP contribution is 2.79. The standard InChI is InChI=1S/C61H45N3O/c1-2-15-43-38(13-1)14-11-20-46(43)57-62-56(39-27-29-40(30-28-39)59-33-37-31-41-32-42(35-59)60(41,34-37)36-59)63-58(64-57)47-17-4-3-16-44(47)45-19-12-24-52-55(45)48-18-5-6-21-49(48)61(52)50-22-7-9-25-53(50)65-54-26-10-8-23-51(54)61/h1-30,37,41-42H,31-36H2/t37-,41?,42+,59?,60?/m0/s1. The van der Waals surface area contributed by atoms with Gasteiger partial charge in [-0.15, -0.1) is 0 Å². The third-order valence-electron chi connectivity index (χ3n) is 17.2. The van der Waals surface area contributed by atoms with Crippen molar-refractivity contribution in [2.45, 2.75) is 49.4 Å². The lowest BCUT2D eigenvalue weighted by Crippen LogP contribution is -2.42. The molecule has 3 unspecified atom stereocenters. The van der Waals surface area contributed by atoms with Crippen LogP contribution in [0.3, 0.4) is 0 Å². The topological polar surface area (TPSA) is 47.9 Å². The Bertz CT molecular complexity index is 3430. The maximum Gasteiger partial charge on any atom is 0.164 e. The van der Waals surface area contributed by atoms with Crippen LogP contribution < -0.4 is 4.74 Å². The molecule has 3 bridgehead atoms. The van der Waals surface area contributed by atoms with E-state index in [0.717, 1.165) is 79.0 Å². The normalized spacial score (nSPS) is 24.2. The predicted octanol–water partition coefficient (Wildman–Crippen LogP) is 14.6. The first-order valence-corrected chi connectivity index (χ1v) is 23.6. The minimum absolute atomic E-state index is 0.330. The Morgan fingerprint density at radius 3 is 1.85 bits per heavy atom. The Morgan fingerprint density at radius 2 is 1.03 bits per heavy atom. The SMILES string of the molecule is c1ccc2c(c1)Oc1ccccc1C21c2ccccc2-c2c(-c3ccccc3-c3nc(-c4ccc(C56C[C@@H]7CC8C[C@H](C5)C8(C7)C6)cc4)nc(-c4cccc5ccccc45)n3)cccc21. The lowest BCUT2D eigenvalue weighted by Gasteiger charge is -2.49. The Labute approximate surface area is 379 Å². The van der Waals surface area contributed by atoms with E-state index in [2.05, 4.69) is 182 Å². The molecule has 4 heteroatoms. The molecule has 5 aliphatic carbocycles. The quantitative estimate of drug-likeness (QED) is 0.173. The smallest absolute Gasteiger partial charge is 0.164 e. The molecule has 65 heavy (non-hydrogen) atoms. The number of benzene rings is 8. The summed E-state index contributed by atoms with van der Waals surface area (Å²) in [5.41, 5.74) is 14.4. The van der Waals surface area contributed by atoms with Crippen LogP contribution in [0.25, 0.3) is 67.2 Å². The largest absolute Gasteiger partial charge is 0.457 e. The fraction of sp³-hybridized carbons (Fsp3) is 0.197. The zero-order chi connectivity index (χ0) is 42.5. The minimum atomic E-state index is -0.563. The molecule has 2 spiro atoms. The second kappa shape index (κ2) is 13.0. The van der Waals surface area contributed by atoms with Gasteiger partial charge in [0.25, 0.3) is 0 Å². The number of nitrogens with zero attached hydrogens (tertiary/aromatic N) is 3. The fourth-order valence-corrected chi connectivity index (χ4v) is 14.9. The molecule has 1 aromatic heterocycles. The molecule has 310 valence electrons. The molecule has 4 fully saturated rings. The van der Waals surface area contributed by atoms with Crippen LogP contribution in [0.5, 0.6) is 11.5 Å². The first kappa shape index (κ1) is 36.2. The van der Waals surface area contributed by atoms with Crippen LogP contribution in [0, 0.1) is 23.2 Å². The summed E-state index contributed by atoms with van der Waals surface area (Å²) in [6.07, 6.45) is 8.56. The van der Waals surface area contributed by atoms with Crippen molar-refractivity contribution in [1.29, 1.82) is 0 Å². The summed E-state index contributed by atoms with van der Waals surface area (Å²) in [7, 11) is 0. The average molecular weight is 836 g/mol. The maximum absolute atomic E-state index is 6.65. The lowest BCUT2D eigenvalue weighted by molar-refractivity contribution is -0.000160. The van der Waals surface area contributed by atoms with Crippen molar-refractivity contribution in [1.82, 2.24) is 15.0 Å². The summed E-state index contributed by atoms with van der Waals surface area (Å²) in [6, 6.07) is 66.1. The summed E-state index contributed by atoms with van der Waals surface area (Å²) >= 11 is 0. The number of ether oxygens (including phenoxy) is 1. The Balaban J connectivity index is 0.921. The van der Waals surface area contributed by atoms with Crippen molar-refractivity contribution >= 4 is 10.8 Å².